The number of hydrogen-bond acceptors (Lipinski definition) is 1. The van der Waals surface area contributed by atoms with E-state index < -0.39 is 8.24 Å². The van der Waals surface area contributed by atoms with Gasteiger partial charge < -0.3 is 4.57 Å². The molecule has 0 aromatic heterocycles. The summed E-state index contributed by atoms with van der Waals surface area (Å²) in [4.78, 5) is 0. The van der Waals surface area contributed by atoms with Crippen LogP contribution in [-0.2, 0) is 6.54 Å². The molecule has 18 heavy (non-hydrogen) atoms. The summed E-state index contributed by atoms with van der Waals surface area (Å²) in [7, 11) is 0.834. The van der Waals surface area contributed by atoms with Crippen molar-refractivity contribution >= 4 is 14.3 Å². The number of benzene rings is 1. The van der Waals surface area contributed by atoms with E-state index in [0.29, 0.717) is 5.04 Å². The Morgan fingerprint density at radius 3 is 2.28 bits per heavy atom. The van der Waals surface area contributed by atoms with Crippen LogP contribution in [0.25, 0.3) is 6.08 Å². The van der Waals surface area contributed by atoms with Crippen LogP contribution in [0.2, 0.25) is 18.1 Å². The van der Waals surface area contributed by atoms with Crippen LogP contribution >= 0.6 is 0 Å². The third-order valence-electron chi connectivity index (χ3n) is 4.47. The highest BCUT2D eigenvalue weighted by molar-refractivity contribution is 6.77. The molecule has 0 amide bonds. The fraction of sp³-hybridized carbons (Fsp3) is 0.500. The van der Waals surface area contributed by atoms with Crippen molar-refractivity contribution in [3.8, 4) is 0 Å². The third-order valence-corrected chi connectivity index (χ3v) is 10.2. The fourth-order valence-corrected chi connectivity index (χ4v) is 3.61. The fourth-order valence-electron chi connectivity index (χ4n) is 1.90. The highest BCUT2D eigenvalue weighted by atomic mass is 28.3. The van der Waals surface area contributed by atoms with Crippen LogP contribution in [0, 0.1) is 0 Å². The zero-order valence-electron chi connectivity index (χ0n) is 12.7. The molecule has 0 N–H and O–H groups in total. The normalized spacial score (nSPS) is 12.8. The summed E-state index contributed by atoms with van der Waals surface area (Å²) < 4.78 is 2.56. The average molecular weight is 261 g/mol. The topological polar surface area (TPSA) is 3.24 Å². The maximum absolute atomic E-state index is 3.90. The predicted octanol–water partition coefficient (Wildman–Crippen LogP) is 4.77. The van der Waals surface area contributed by atoms with Gasteiger partial charge in [0.2, 0.25) is 0 Å². The van der Waals surface area contributed by atoms with Crippen molar-refractivity contribution in [1.29, 1.82) is 0 Å². The highest BCUT2D eigenvalue weighted by Crippen LogP contribution is 2.38. The second-order valence-corrected chi connectivity index (χ2v) is 11.9. The van der Waals surface area contributed by atoms with Crippen LogP contribution in [0.5, 0.6) is 0 Å². The summed E-state index contributed by atoms with van der Waals surface area (Å²) in [6.07, 6.45) is 1.95. The first-order valence-corrected chi connectivity index (χ1v) is 9.56. The van der Waals surface area contributed by atoms with Crippen molar-refractivity contribution in [2.75, 3.05) is 7.05 Å². The summed E-state index contributed by atoms with van der Waals surface area (Å²) in [5.41, 5.74) is 2.63. The Balaban J connectivity index is 2.94. The van der Waals surface area contributed by atoms with Crippen LogP contribution in [0.15, 0.2) is 30.8 Å². The van der Waals surface area contributed by atoms with E-state index in [-0.39, 0.29) is 0 Å². The second kappa shape index (κ2) is 5.41. The molecule has 0 bridgehead atoms. The van der Waals surface area contributed by atoms with Crippen LogP contribution in [-0.4, -0.2) is 19.8 Å². The van der Waals surface area contributed by atoms with Crippen molar-refractivity contribution in [1.82, 2.24) is 4.57 Å². The molecule has 100 valence electrons. The first-order chi connectivity index (χ1) is 8.20. The molecule has 1 aromatic carbocycles. The molecule has 0 saturated carbocycles. The van der Waals surface area contributed by atoms with E-state index >= 15 is 0 Å². The quantitative estimate of drug-likeness (QED) is 0.706. The van der Waals surface area contributed by atoms with E-state index in [0.717, 1.165) is 6.54 Å². The van der Waals surface area contributed by atoms with E-state index in [2.05, 4.69) is 76.3 Å². The Morgan fingerprint density at radius 1 is 1.22 bits per heavy atom. The Kier molecular flexibility index (Phi) is 4.57. The summed E-state index contributed by atoms with van der Waals surface area (Å²) in [6, 6.07) is 8.54. The molecule has 0 fully saturated rings. The van der Waals surface area contributed by atoms with E-state index in [1.165, 1.54) is 11.1 Å². The molecule has 2 heteroatoms. The van der Waals surface area contributed by atoms with Gasteiger partial charge in [-0.1, -0.05) is 70.8 Å². The monoisotopic (exact) mass is 261 g/mol. The van der Waals surface area contributed by atoms with Crippen molar-refractivity contribution in [2.24, 2.45) is 0 Å². The van der Waals surface area contributed by atoms with Crippen molar-refractivity contribution in [2.45, 2.75) is 45.4 Å². The standard InChI is InChI=1S/C16H27NSi/c1-8-14-11-9-10-12-15(14)13-17(5)18(6,7)16(2,3)4/h8-12H,1,13H2,2-7H3. The Bertz CT molecular complexity index is 415. The zero-order chi connectivity index (χ0) is 14.0. The molecule has 0 saturated heterocycles. The van der Waals surface area contributed by atoms with Gasteiger partial charge in [0.25, 0.3) is 0 Å². The summed E-state index contributed by atoms with van der Waals surface area (Å²) in [6.45, 7) is 16.9. The summed E-state index contributed by atoms with van der Waals surface area (Å²) in [5, 5.41) is 0.380. The molecule has 0 aliphatic heterocycles. The molecule has 0 atom stereocenters. The molecule has 0 aliphatic rings. The molecule has 1 rings (SSSR count). The van der Waals surface area contributed by atoms with Crippen LogP contribution in [0.4, 0.5) is 0 Å². The van der Waals surface area contributed by atoms with Gasteiger partial charge in [-0.3, -0.25) is 0 Å². The molecule has 1 aromatic rings. The van der Waals surface area contributed by atoms with Crippen LogP contribution in [0.3, 0.4) is 0 Å². The van der Waals surface area contributed by atoms with Crippen LogP contribution in [0.1, 0.15) is 31.9 Å². The van der Waals surface area contributed by atoms with E-state index in [1.807, 2.05) is 6.08 Å². The molecule has 0 radical (unpaired) electrons. The average Bonchev–Trinajstić information content (AvgIpc) is 2.28. The lowest BCUT2D eigenvalue weighted by Crippen LogP contribution is -2.52. The molecule has 0 heterocycles. The maximum atomic E-state index is 3.90. The molecular weight excluding hydrogens is 234 g/mol. The van der Waals surface area contributed by atoms with Gasteiger partial charge in [0, 0.05) is 6.54 Å². The predicted molar refractivity (Wildman–Crippen MR) is 85.2 cm³/mol. The first kappa shape index (κ1) is 15.2. The molecular formula is C16H27NSi. The lowest BCUT2D eigenvalue weighted by molar-refractivity contribution is 0.464. The lowest BCUT2D eigenvalue weighted by atomic mass is 10.1. The van der Waals surface area contributed by atoms with Gasteiger partial charge in [0.05, 0.1) is 0 Å². The first-order valence-electron chi connectivity index (χ1n) is 6.61. The van der Waals surface area contributed by atoms with Crippen molar-refractivity contribution < 1.29 is 0 Å². The second-order valence-electron chi connectivity index (χ2n) is 6.57. The Labute approximate surface area is 114 Å². The van der Waals surface area contributed by atoms with Crippen molar-refractivity contribution in [3.05, 3.63) is 42.0 Å². The maximum Gasteiger partial charge on any atom is 0.127 e. The highest BCUT2D eigenvalue weighted by Gasteiger charge is 2.39. The van der Waals surface area contributed by atoms with Gasteiger partial charge >= 0.3 is 0 Å². The van der Waals surface area contributed by atoms with Crippen molar-refractivity contribution in [3.63, 3.8) is 0 Å². The minimum Gasteiger partial charge on any atom is -0.322 e. The molecule has 0 unspecified atom stereocenters. The summed E-state index contributed by atoms with van der Waals surface area (Å²) >= 11 is 0. The molecule has 0 spiro atoms. The minimum absolute atomic E-state index is 0.380. The van der Waals surface area contributed by atoms with Gasteiger partial charge in [0.1, 0.15) is 8.24 Å². The lowest BCUT2D eigenvalue weighted by Gasteiger charge is -2.44. The number of rotatable bonds is 4. The van der Waals surface area contributed by atoms with Gasteiger partial charge in [-0.15, -0.1) is 0 Å². The number of nitrogens with zero attached hydrogens (tertiary/aromatic N) is 1. The molecule has 0 aliphatic carbocycles. The molecule has 1 nitrogen and oxygen atoms in total. The Hall–Kier alpha value is -0.863. The SMILES string of the molecule is C=Cc1ccccc1CN(C)[Si](C)(C)C(C)(C)C. The van der Waals surface area contributed by atoms with E-state index in [4.69, 9.17) is 0 Å². The van der Waals surface area contributed by atoms with Crippen LogP contribution < -0.4 is 0 Å². The Morgan fingerprint density at radius 2 is 1.78 bits per heavy atom. The smallest absolute Gasteiger partial charge is 0.127 e. The van der Waals surface area contributed by atoms with Gasteiger partial charge in [-0.2, -0.15) is 0 Å². The zero-order valence-corrected chi connectivity index (χ0v) is 13.7. The van der Waals surface area contributed by atoms with Gasteiger partial charge in [0.15, 0.2) is 0 Å². The third kappa shape index (κ3) is 3.12. The number of hydrogen-bond donors (Lipinski definition) is 0. The largest absolute Gasteiger partial charge is 0.322 e. The van der Waals surface area contributed by atoms with Gasteiger partial charge in [-0.05, 0) is 23.2 Å². The summed E-state index contributed by atoms with van der Waals surface area (Å²) in [5.74, 6) is 0. The van der Waals surface area contributed by atoms with Gasteiger partial charge in [-0.25, -0.2) is 0 Å². The minimum atomic E-state index is -1.43. The van der Waals surface area contributed by atoms with E-state index in [9.17, 15) is 0 Å². The van der Waals surface area contributed by atoms with E-state index in [1.54, 1.807) is 0 Å².